The van der Waals surface area contributed by atoms with Gasteiger partial charge < -0.3 is 10.5 Å². The number of amides is 1. The average molecular weight is 270 g/mol. The van der Waals surface area contributed by atoms with Crippen molar-refractivity contribution in [2.24, 2.45) is 11.7 Å². The molecule has 0 radical (unpaired) electrons. The lowest BCUT2D eigenvalue weighted by Gasteiger charge is -2.19. The number of primary amides is 1. The van der Waals surface area contributed by atoms with Gasteiger partial charge >= 0.3 is 0 Å². The van der Waals surface area contributed by atoms with Crippen molar-refractivity contribution >= 4 is 17.5 Å². The Morgan fingerprint density at radius 1 is 1.44 bits per heavy atom. The van der Waals surface area contributed by atoms with Gasteiger partial charge in [-0.25, -0.2) is 0 Å². The minimum Gasteiger partial charge on any atom is -0.495 e. The van der Waals surface area contributed by atoms with Crippen molar-refractivity contribution in [3.63, 3.8) is 0 Å². The van der Waals surface area contributed by atoms with E-state index < -0.39 is 0 Å². The predicted molar refractivity (Wildman–Crippen MR) is 74.0 cm³/mol. The van der Waals surface area contributed by atoms with Gasteiger partial charge in [0.15, 0.2) is 0 Å². The molecule has 0 aliphatic carbocycles. The first-order chi connectivity index (χ1) is 8.43. The zero-order chi connectivity index (χ0) is 13.7. The number of nitrogens with two attached hydrogens (primary N) is 1. The Balaban J connectivity index is 2.97. The molecule has 1 atom stereocenters. The van der Waals surface area contributed by atoms with Gasteiger partial charge in [0.1, 0.15) is 5.75 Å². The number of benzene rings is 1. The van der Waals surface area contributed by atoms with Crippen molar-refractivity contribution in [3.05, 3.63) is 28.8 Å². The van der Waals surface area contributed by atoms with Crippen molar-refractivity contribution in [1.82, 2.24) is 0 Å². The first kappa shape index (κ1) is 14.8. The van der Waals surface area contributed by atoms with Crippen molar-refractivity contribution in [2.45, 2.75) is 32.6 Å². The topological polar surface area (TPSA) is 52.3 Å². The normalized spacial score (nSPS) is 12.5. The number of rotatable bonds is 6. The SMILES string of the molecule is COc1ccc(C(CC(N)=O)CC(C)C)cc1Cl. The lowest BCUT2D eigenvalue weighted by Crippen LogP contribution is -2.16. The molecule has 0 spiro atoms. The Hall–Kier alpha value is -1.22. The molecular weight excluding hydrogens is 250 g/mol. The fourth-order valence-corrected chi connectivity index (χ4v) is 2.35. The smallest absolute Gasteiger partial charge is 0.218 e. The van der Waals surface area contributed by atoms with Crippen LogP contribution in [0.5, 0.6) is 5.75 Å². The van der Waals surface area contributed by atoms with Gasteiger partial charge in [-0.1, -0.05) is 31.5 Å². The molecular formula is C14H20ClNO2. The van der Waals surface area contributed by atoms with Crippen molar-refractivity contribution in [1.29, 1.82) is 0 Å². The highest BCUT2D eigenvalue weighted by Crippen LogP contribution is 2.32. The summed E-state index contributed by atoms with van der Waals surface area (Å²) in [6.07, 6.45) is 1.26. The van der Waals surface area contributed by atoms with Crippen LogP contribution in [0.4, 0.5) is 0 Å². The highest BCUT2D eigenvalue weighted by molar-refractivity contribution is 6.32. The first-order valence-corrected chi connectivity index (χ1v) is 6.43. The lowest BCUT2D eigenvalue weighted by atomic mass is 9.87. The minimum absolute atomic E-state index is 0.117. The average Bonchev–Trinajstić information content (AvgIpc) is 2.26. The van der Waals surface area contributed by atoms with Crippen LogP contribution in [0.15, 0.2) is 18.2 Å². The molecule has 1 amide bonds. The summed E-state index contributed by atoms with van der Waals surface area (Å²) in [5.41, 5.74) is 6.34. The molecule has 0 bridgehead atoms. The highest BCUT2D eigenvalue weighted by Gasteiger charge is 2.17. The Bertz CT molecular complexity index is 418. The Kier molecular flexibility index (Phi) is 5.48. The standard InChI is InChI=1S/C14H20ClNO2/c1-9(2)6-11(8-14(16)17)10-4-5-13(18-3)12(15)7-10/h4-5,7,9,11H,6,8H2,1-3H3,(H2,16,17). The molecule has 1 aromatic rings. The van der Waals surface area contributed by atoms with Crippen LogP contribution in [0.1, 0.15) is 38.2 Å². The molecule has 0 aromatic heterocycles. The maximum absolute atomic E-state index is 11.1. The van der Waals surface area contributed by atoms with Crippen LogP contribution in [0.3, 0.4) is 0 Å². The summed E-state index contributed by atoms with van der Waals surface area (Å²) in [6, 6.07) is 5.63. The fourth-order valence-electron chi connectivity index (χ4n) is 2.09. The molecule has 0 aliphatic rings. The Morgan fingerprint density at radius 3 is 2.56 bits per heavy atom. The van der Waals surface area contributed by atoms with E-state index in [-0.39, 0.29) is 11.8 Å². The van der Waals surface area contributed by atoms with Gasteiger partial charge in [0.05, 0.1) is 12.1 Å². The number of methoxy groups -OCH3 is 1. The van der Waals surface area contributed by atoms with E-state index in [4.69, 9.17) is 22.1 Å². The number of carbonyl (C=O) groups excluding carboxylic acids is 1. The van der Waals surface area contributed by atoms with E-state index in [2.05, 4.69) is 13.8 Å². The second kappa shape index (κ2) is 6.64. The monoisotopic (exact) mass is 269 g/mol. The van der Waals surface area contributed by atoms with E-state index >= 15 is 0 Å². The van der Waals surface area contributed by atoms with Crippen LogP contribution in [-0.4, -0.2) is 13.0 Å². The lowest BCUT2D eigenvalue weighted by molar-refractivity contribution is -0.118. The van der Waals surface area contributed by atoms with Gasteiger partial charge in [-0.2, -0.15) is 0 Å². The van der Waals surface area contributed by atoms with Gasteiger partial charge in [-0.3, -0.25) is 4.79 Å². The van der Waals surface area contributed by atoms with Gasteiger partial charge in [0.2, 0.25) is 5.91 Å². The summed E-state index contributed by atoms with van der Waals surface area (Å²) >= 11 is 6.11. The molecule has 100 valence electrons. The van der Waals surface area contributed by atoms with Crippen molar-refractivity contribution < 1.29 is 9.53 Å². The molecule has 0 saturated heterocycles. The molecule has 1 aromatic carbocycles. The maximum Gasteiger partial charge on any atom is 0.218 e. The van der Waals surface area contributed by atoms with E-state index in [1.807, 2.05) is 18.2 Å². The summed E-state index contributed by atoms with van der Waals surface area (Å²) in [6.45, 7) is 4.25. The van der Waals surface area contributed by atoms with Gasteiger partial charge in [0, 0.05) is 6.42 Å². The Morgan fingerprint density at radius 2 is 2.11 bits per heavy atom. The third-order valence-corrected chi connectivity index (χ3v) is 3.15. The van der Waals surface area contributed by atoms with Gasteiger partial charge in [-0.05, 0) is 36.0 Å². The Labute approximate surface area is 113 Å². The zero-order valence-electron chi connectivity index (χ0n) is 11.1. The largest absolute Gasteiger partial charge is 0.495 e. The second-order valence-electron chi connectivity index (χ2n) is 4.89. The summed E-state index contributed by atoms with van der Waals surface area (Å²) in [4.78, 5) is 11.1. The summed E-state index contributed by atoms with van der Waals surface area (Å²) in [5.74, 6) is 0.969. The van der Waals surface area contributed by atoms with E-state index in [0.717, 1.165) is 12.0 Å². The minimum atomic E-state index is -0.285. The molecule has 0 fully saturated rings. The number of halogens is 1. The molecule has 3 nitrogen and oxygen atoms in total. The van der Waals surface area contributed by atoms with Crippen LogP contribution in [0.25, 0.3) is 0 Å². The molecule has 4 heteroatoms. The molecule has 0 heterocycles. The molecule has 1 rings (SSSR count). The highest BCUT2D eigenvalue weighted by atomic mass is 35.5. The van der Waals surface area contributed by atoms with Crippen LogP contribution in [-0.2, 0) is 4.79 Å². The number of carbonyl (C=O) groups is 1. The van der Waals surface area contributed by atoms with E-state index in [1.165, 1.54) is 0 Å². The number of hydrogen-bond acceptors (Lipinski definition) is 2. The molecule has 0 saturated carbocycles. The van der Waals surface area contributed by atoms with Gasteiger partial charge in [0.25, 0.3) is 0 Å². The summed E-state index contributed by atoms with van der Waals surface area (Å²) in [7, 11) is 1.58. The van der Waals surface area contributed by atoms with Crippen LogP contribution in [0.2, 0.25) is 5.02 Å². The third kappa shape index (κ3) is 4.22. The van der Waals surface area contributed by atoms with Gasteiger partial charge in [-0.15, -0.1) is 0 Å². The van der Waals surface area contributed by atoms with Crippen LogP contribution >= 0.6 is 11.6 Å². The molecule has 2 N–H and O–H groups in total. The molecule has 0 aliphatic heterocycles. The summed E-state index contributed by atoms with van der Waals surface area (Å²) < 4.78 is 5.12. The maximum atomic E-state index is 11.1. The zero-order valence-corrected chi connectivity index (χ0v) is 11.8. The first-order valence-electron chi connectivity index (χ1n) is 6.05. The summed E-state index contributed by atoms with van der Waals surface area (Å²) in [5, 5.41) is 0.563. The number of hydrogen-bond donors (Lipinski definition) is 1. The predicted octanol–water partition coefficient (Wildman–Crippen LogP) is 3.35. The molecule has 18 heavy (non-hydrogen) atoms. The van der Waals surface area contributed by atoms with Crippen LogP contribution in [0, 0.1) is 5.92 Å². The van der Waals surface area contributed by atoms with Crippen LogP contribution < -0.4 is 10.5 Å². The van der Waals surface area contributed by atoms with E-state index in [0.29, 0.717) is 23.1 Å². The fraction of sp³-hybridized carbons (Fsp3) is 0.500. The van der Waals surface area contributed by atoms with Crippen molar-refractivity contribution in [3.8, 4) is 5.75 Å². The third-order valence-electron chi connectivity index (χ3n) is 2.85. The van der Waals surface area contributed by atoms with E-state index in [9.17, 15) is 4.79 Å². The quantitative estimate of drug-likeness (QED) is 0.861. The van der Waals surface area contributed by atoms with E-state index in [1.54, 1.807) is 7.11 Å². The van der Waals surface area contributed by atoms with Crippen molar-refractivity contribution in [2.75, 3.05) is 7.11 Å². The second-order valence-corrected chi connectivity index (χ2v) is 5.30. The number of ether oxygens (including phenoxy) is 1. The molecule has 1 unspecified atom stereocenters.